The molecule has 1 aromatic heterocycles. The Balaban J connectivity index is 3.35. The van der Waals surface area contributed by atoms with Crippen molar-refractivity contribution >= 4 is 0 Å². The normalized spacial score (nSPS) is 11.8. The van der Waals surface area contributed by atoms with Crippen LogP contribution in [-0.4, -0.2) is 15.4 Å². The van der Waals surface area contributed by atoms with Crippen molar-refractivity contribution in [1.29, 1.82) is 0 Å². The number of nitrogens with zero attached hydrogens (tertiary/aromatic N) is 3. The van der Waals surface area contributed by atoms with Gasteiger partial charge in [0.25, 0.3) is 19.3 Å². The second-order valence-corrected chi connectivity index (χ2v) is 2.38. The topological polar surface area (TPSA) is 38.7 Å². The summed E-state index contributed by atoms with van der Waals surface area (Å²) in [5, 5.41) is 7.81. The quantitative estimate of drug-likeness (QED) is 0.750. The zero-order valence-electron chi connectivity index (χ0n) is 6.84. The highest BCUT2D eigenvalue weighted by Gasteiger charge is 2.30. The molecule has 0 aromatic carbocycles. The molecule has 0 spiro atoms. The van der Waals surface area contributed by atoms with Gasteiger partial charge in [-0.05, 0) is 5.21 Å². The van der Waals surface area contributed by atoms with E-state index in [1.54, 1.807) is 0 Å². The lowest BCUT2D eigenvalue weighted by atomic mass is 10.1. The van der Waals surface area contributed by atoms with E-state index in [-0.39, 0.29) is 0 Å². The van der Waals surface area contributed by atoms with Gasteiger partial charge in [0.05, 0.1) is 5.56 Å². The number of hydrogen-bond acceptors (Lipinski definition) is 3. The summed E-state index contributed by atoms with van der Waals surface area (Å²) >= 11 is 0. The Morgan fingerprint density at radius 1 is 0.667 bits per heavy atom. The van der Waals surface area contributed by atoms with Gasteiger partial charge in [0.1, 0.15) is 11.4 Å². The molecule has 0 radical (unpaired) electrons. The molecule has 1 heterocycles. The van der Waals surface area contributed by atoms with Crippen LogP contribution in [0.4, 0.5) is 26.3 Å². The van der Waals surface area contributed by atoms with Crippen molar-refractivity contribution in [2.24, 2.45) is 0 Å². The summed E-state index contributed by atoms with van der Waals surface area (Å²) < 4.78 is 73.0. The number of halogens is 6. The summed E-state index contributed by atoms with van der Waals surface area (Å²) in [6, 6.07) is 0. The third kappa shape index (κ3) is 2.34. The third-order valence-corrected chi connectivity index (χ3v) is 1.49. The van der Waals surface area contributed by atoms with Crippen LogP contribution in [0.15, 0.2) is 0 Å². The van der Waals surface area contributed by atoms with E-state index in [4.69, 9.17) is 0 Å². The van der Waals surface area contributed by atoms with E-state index in [0.29, 0.717) is 0 Å². The highest BCUT2D eigenvalue weighted by Crippen LogP contribution is 2.33. The second kappa shape index (κ2) is 4.41. The first-order valence-electron chi connectivity index (χ1n) is 3.52. The van der Waals surface area contributed by atoms with Crippen LogP contribution in [0.1, 0.15) is 36.2 Å². The van der Waals surface area contributed by atoms with Gasteiger partial charge in [0.2, 0.25) is 0 Å². The minimum absolute atomic E-state index is 1.46. The summed E-state index contributed by atoms with van der Waals surface area (Å²) in [4.78, 5) is 0. The van der Waals surface area contributed by atoms with E-state index < -0.39 is 36.2 Å². The molecule has 3 nitrogen and oxygen atoms in total. The van der Waals surface area contributed by atoms with E-state index in [9.17, 15) is 26.3 Å². The van der Waals surface area contributed by atoms with E-state index >= 15 is 0 Å². The lowest BCUT2D eigenvalue weighted by molar-refractivity contribution is 0.101. The van der Waals surface area contributed by atoms with Gasteiger partial charge in [-0.3, -0.25) is 0 Å². The van der Waals surface area contributed by atoms with E-state index in [1.165, 1.54) is 0 Å². The maximum atomic E-state index is 12.2. The average Bonchev–Trinajstić information content (AvgIpc) is 2.16. The SMILES string of the molecule is FC(F)c1nnnc(C(F)F)c1C(F)F. The van der Waals surface area contributed by atoms with Crippen LogP contribution in [0.5, 0.6) is 0 Å². The van der Waals surface area contributed by atoms with Crippen LogP contribution >= 0.6 is 0 Å². The van der Waals surface area contributed by atoms with Crippen molar-refractivity contribution in [2.75, 3.05) is 0 Å². The van der Waals surface area contributed by atoms with Crippen LogP contribution in [0.3, 0.4) is 0 Å². The zero-order chi connectivity index (χ0) is 11.6. The van der Waals surface area contributed by atoms with Crippen molar-refractivity contribution in [3.05, 3.63) is 17.0 Å². The van der Waals surface area contributed by atoms with Gasteiger partial charge >= 0.3 is 0 Å². The smallest absolute Gasteiger partial charge is 0.205 e. The molecule has 0 saturated carbocycles. The molecule has 0 N–H and O–H groups in total. The minimum atomic E-state index is -3.50. The first kappa shape index (κ1) is 11.7. The molecule has 0 atom stereocenters. The Kier molecular flexibility index (Phi) is 3.43. The minimum Gasteiger partial charge on any atom is -0.205 e. The molecule has 0 unspecified atom stereocenters. The molecule has 1 aromatic rings. The molecular formula is C6H3F6N3. The summed E-state index contributed by atoms with van der Waals surface area (Å²) in [6.45, 7) is 0. The van der Waals surface area contributed by atoms with Crippen molar-refractivity contribution in [3.8, 4) is 0 Å². The van der Waals surface area contributed by atoms with Crippen molar-refractivity contribution in [3.63, 3.8) is 0 Å². The fourth-order valence-corrected chi connectivity index (χ4v) is 0.904. The molecule has 0 amide bonds. The zero-order valence-corrected chi connectivity index (χ0v) is 6.84. The number of hydrogen-bond donors (Lipinski definition) is 0. The lowest BCUT2D eigenvalue weighted by Gasteiger charge is -2.09. The van der Waals surface area contributed by atoms with Gasteiger partial charge in [-0.25, -0.2) is 26.3 Å². The predicted molar refractivity (Wildman–Crippen MR) is 34.7 cm³/mol. The maximum absolute atomic E-state index is 12.2. The molecule has 0 saturated heterocycles. The van der Waals surface area contributed by atoms with Crippen LogP contribution in [-0.2, 0) is 0 Å². The van der Waals surface area contributed by atoms with Gasteiger partial charge in [-0.15, -0.1) is 10.2 Å². The number of aromatic nitrogens is 3. The van der Waals surface area contributed by atoms with Crippen LogP contribution < -0.4 is 0 Å². The van der Waals surface area contributed by atoms with Crippen LogP contribution in [0.2, 0.25) is 0 Å². The highest BCUT2D eigenvalue weighted by molar-refractivity contribution is 5.26. The molecule has 15 heavy (non-hydrogen) atoms. The van der Waals surface area contributed by atoms with Gasteiger partial charge in [0, 0.05) is 0 Å². The fraction of sp³-hybridized carbons (Fsp3) is 0.500. The fourth-order valence-electron chi connectivity index (χ4n) is 0.904. The van der Waals surface area contributed by atoms with Crippen molar-refractivity contribution in [1.82, 2.24) is 15.4 Å². The van der Waals surface area contributed by atoms with Gasteiger partial charge in [-0.2, -0.15) is 0 Å². The summed E-state index contributed by atoms with van der Waals surface area (Å²) in [7, 11) is 0. The molecule has 1 rings (SSSR count). The summed E-state index contributed by atoms with van der Waals surface area (Å²) in [6.07, 6.45) is -10.3. The van der Waals surface area contributed by atoms with Crippen molar-refractivity contribution in [2.45, 2.75) is 19.3 Å². The molecule has 0 aliphatic rings. The van der Waals surface area contributed by atoms with E-state index in [0.717, 1.165) is 0 Å². The highest BCUT2D eigenvalue weighted by atomic mass is 19.3. The molecule has 0 aliphatic heterocycles. The number of alkyl halides is 6. The van der Waals surface area contributed by atoms with Crippen LogP contribution in [0, 0.1) is 0 Å². The van der Waals surface area contributed by atoms with Gasteiger partial charge in [0.15, 0.2) is 0 Å². The molecule has 0 aliphatic carbocycles. The summed E-state index contributed by atoms with van der Waals surface area (Å²) in [5.74, 6) is 0. The van der Waals surface area contributed by atoms with Crippen LogP contribution in [0.25, 0.3) is 0 Å². The first-order chi connectivity index (χ1) is 6.95. The largest absolute Gasteiger partial charge is 0.282 e. The van der Waals surface area contributed by atoms with E-state index in [1.807, 2.05) is 0 Å². The Labute approximate surface area is 79.1 Å². The monoisotopic (exact) mass is 231 g/mol. The molecule has 84 valence electrons. The van der Waals surface area contributed by atoms with Crippen molar-refractivity contribution < 1.29 is 26.3 Å². The maximum Gasteiger partial charge on any atom is 0.282 e. The summed E-state index contributed by atoms with van der Waals surface area (Å²) in [5.41, 5.74) is -4.47. The third-order valence-electron chi connectivity index (χ3n) is 1.49. The van der Waals surface area contributed by atoms with E-state index in [2.05, 4.69) is 15.4 Å². The average molecular weight is 231 g/mol. The Morgan fingerprint density at radius 2 is 1.07 bits per heavy atom. The first-order valence-corrected chi connectivity index (χ1v) is 3.52. The van der Waals surface area contributed by atoms with Gasteiger partial charge in [-0.1, -0.05) is 0 Å². The van der Waals surface area contributed by atoms with Gasteiger partial charge < -0.3 is 0 Å². The Morgan fingerprint density at radius 3 is 1.33 bits per heavy atom. The molecular weight excluding hydrogens is 228 g/mol. The Bertz CT molecular complexity index is 315. The molecule has 0 bridgehead atoms. The standard InChI is InChI=1S/C6H3F6N3/c7-4(8)1-2(5(9)10)13-15-14-3(1)6(11)12/h4-6H. The Hall–Kier alpha value is -1.41. The predicted octanol–water partition coefficient (Wildman–Crippen LogP) is 2.68. The number of rotatable bonds is 3. The second-order valence-electron chi connectivity index (χ2n) is 2.38. The molecule has 9 heteroatoms. The lowest BCUT2D eigenvalue weighted by Crippen LogP contribution is -2.09. The molecule has 0 fully saturated rings.